The van der Waals surface area contributed by atoms with Crippen molar-refractivity contribution in [2.45, 2.75) is 26.5 Å². The van der Waals surface area contributed by atoms with Crippen molar-refractivity contribution in [2.24, 2.45) is 0 Å². The highest BCUT2D eigenvalue weighted by Gasteiger charge is 2.16. The van der Waals surface area contributed by atoms with E-state index < -0.39 is 11.8 Å². The molecule has 0 spiro atoms. The van der Waals surface area contributed by atoms with Crippen LogP contribution in [0.4, 0.5) is 4.39 Å². The van der Waals surface area contributed by atoms with E-state index in [9.17, 15) is 9.18 Å². The van der Waals surface area contributed by atoms with Crippen molar-refractivity contribution in [3.63, 3.8) is 0 Å². The van der Waals surface area contributed by atoms with Crippen LogP contribution in [0.25, 0.3) is 10.9 Å². The first-order valence-electron chi connectivity index (χ1n) is 8.11. The van der Waals surface area contributed by atoms with Crippen LogP contribution in [0.2, 0.25) is 0 Å². The fraction of sp³-hybridized carbons (Fsp3) is 0.250. The molecular formula is C20H20FNO3. The van der Waals surface area contributed by atoms with E-state index in [2.05, 4.69) is 4.74 Å². The third kappa shape index (κ3) is 3.50. The van der Waals surface area contributed by atoms with Crippen LogP contribution >= 0.6 is 0 Å². The lowest BCUT2D eigenvalue weighted by molar-refractivity contribution is 0.0595. The van der Waals surface area contributed by atoms with Gasteiger partial charge >= 0.3 is 5.97 Å². The summed E-state index contributed by atoms with van der Waals surface area (Å²) in [5.74, 6) is -0.415. The molecule has 0 N–H and O–H groups in total. The molecule has 0 saturated carbocycles. The average Bonchev–Trinajstić information content (AvgIpc) is 2.97. The SMILES string of the molecule is COC(=O)c1cccc(Cn2ccc3cc(OC(C)C)ccc32)c1F. The largest absolute Gasteiger partial charge is 0.491 e. The maximum Gasteiger partial charge on any atom is 0.340 e. The van der Waals surface area contributed by atoms with Crippen LogP contribution in [-0.4, -0.2) is 23.8 Å². The van der Waals surface area contributed by atoms with Gasteiger partial charge < -0.3 is 14.0 Å². The number of hydrogen-bond acceptors (Lipinski definition) is 3. The summed E-state index contributed by atoms with van der Waals surface area (Å²) in [6, 6.07) is 12.5. The van der Waals surface area contributed by atoms with Crippen LogP contribution in [0, 0.1) is 5.82 Å². The van der Waals surface area contributed by atoms with Crippen molar-refractivity contribution < 1.29 is 18.7 Å². The van der Waals surface area contributed by atoms with Gasteiger partial charge in [-0.3, -0.25) is 0 Å². The van der Waals surface area contributed by atoms with Crippen LogP contribution in [0.5, 0.6) is 5.75 Å². The standard InChI is InChI=1S/C20H20FNO3/c1-13(2)25-16-7-8-18-14(11-16)9-10-22(18)12-15-5-4-6-17(19(15)21)20(23)24-3/h4-11,13H,12H2,1-3H3. The molecule has 0 aliphatic carbocycles. The van der Waals surface area contributed by atoms with Gasteiger partial charge in [0, 0.05) is 22.7 Å². The van der Waals surface area contributed by atoms with Gasteiger partial charge in [0.2, 0.25) is 0 Å². The molecule has 3 rings (SSSR count). The van der Waals surface area contributed by atoms with E-state index >= 15 is 0 Å². The zero-order valence-corrected chi connectivity index (χ0v) is 14.5. The number of carbonyl (C=O) groups is 1. The second-order valence-electron chi connectivity index (χ2n) is 6.10. The Labute approximate surface area is 145 Å². The number of ether oxygens (including phenoxy) is 2. The summed E-state index contributed by atoms with van der Waals surface area (Å²) >= 11 is 0. The van der Waals surface area contributed by atoms with Gasteiger partial charge in [0.25, 0.3) is 0 Å². The van der Waals surface area contributed by atoms with Crippen LogP contribution in [-0.2, 0) is 11.3 Å². The van der Waals surface area contributed by atoms with E-state index in [1.807, 2.05) is 48.9 Å². The van der Waals surface area contributed by atoms with Crippen LogP contribution in [0.3, 0.4) is 0 Å². The Morgan fingerprint density at radius 1 is 1.20 bits per heavy atom. The summed E-state index contributed by atoms with van der Waals surface area (Å²) in [6.45, 7) is 4.28. The molecule has 25 heavy (non-hydrogen) atoms. The molecule has 0 bridgehead atoms. The molecule has 0 unspecified atom stereocenters. The summed E-state index contributed by atoms with van der Waals surface area (Å²) in [5, 5.41) is 1.02. The number of hydrogen-bond donors (Lipinski definition) is 0. The monoisotopic (exact) mass is 341 g/mol. The lowest BCUT2D eigenvalue weighted by Crippen LogP contribution is -2.08. The summed E-state index contributed by atoms with van der Waals surface area (Å²) in [5.41, 5.74) is 1.35. The molecule has 1 heterocycles. The Balaban J connectivity index is 1.92. The third-order valence-corrected chi connectivity index (χ3v) is 3.94. The number of nitrogens with zero attached hydrogens (tertiary/aromatic N) is 1. The van der Waals surface area contributed by atoms with Crippen molar-refractivity contribution >= 4 is 16.9 Å². The predicted molar refractivity (Wildman–Crippen MR) is 94.5 cm³/mol. The highest BCUT2D eigenvalue weighted by atomic mass is 19.1. The normalized spacial score (nSPS) is 11.1. The second-order valence-corrected chi connectivity index (χ2v) is 6.10. The van der Waals surface area contributed by atoms with E-state index in [-0.39, 0.29) is 11.7 Å². The van der Waals surface area contributed by atoms with E-state index in [1.54, 1.807) is 12.1 Å². The van der Waals surface area contributed by atoms with Gasteiger partial charge in [-0.05, 0) is 44.2 Å². The average molecular weight is 341 g/mol. The van der Waals surface area contributed by atoms with Crippen LogP contribution in [0.1, 0.15) is 29.8 Å². The number of methoxy groups -OCH3 is 1. The molecule has 0 fully saturated rings. The van der Waals surface area contributed by atoms with Gasteiger partial charge in [-0.1, -0.05) is 12.1 Å². The highest BCUT2D eigenvalue weighted by molar-refractivity contribution is 5.89. The number of fused-ring (bicyclic) bond motifs is 1. The van der Waals surface area contributed by atoms with Crippen molar-refractivity contribution in [1.82, 2.24) is 4.57 Å². The Morgan fingerprint density at radius 2 is 2.00 bits per heavy atom. The molecule has 5 heteroatoms. The smallest absolute Gasteiger partial charge is 0.340 e. The molecule has 0 radical (unpaired) electrons. The first kappa shape index (κ1) is 17.0. The molecule has 0 amide bonds. The van der Waals surface area contributed by atoms with Crippen molar-refractivity contribution in [3.8, 4) is 5.75 Å². The topological polar surface area (TPSA) is 40.5 Å². The molecule has 1 aromatic heterocycles. The maximum absolute atomic E-state index is 14.6. The summed E-state index contributed by atoms with van der Waals surface area (Å²) in [4.78, 5) is 11.6. The molecule has 0 aliphatic rings. The Bertz CT molecular complexity index is 914. The highest BCUT2D eigenvalue weighted by Crippen LogP contribution is 2.24. The van der Waals surface area contributed by atoms with Gasteiger partial charge in [-0.2, -0.15) is 0 Å². The number of esters is 1. The zero-order valence-electron chi connectivity index (χ0n) is 14.5. The molecule has 2 aromatic carbocycles. The number of benzene rings is 2. The molecule has 0 saturated heterocycles. The Hall–Kier alpha value is -2.82. The van der Waals surface area contributed by atoms with Crippen molar-refractivity contribution in [2.75, 3.05) is 7.11 Å². The minimum Gasteiger partial charge on any atom is -0.491 e. The molecule has 0 aliphatic heterocycles. The van der Waals surface area contributed by atoms with Gasteiger partial charge in [0.15, 0.2) is 0 Å². The number of aromatic nitrogens is 1. The van der Waals surface area contributed by atoms with Gasteiger partial charge in [0.1, 0.15) is 11.6 Å². The van der Waals surface area contributed by atoms with Crippen molar-refractivity contribution in [1.29, 1.82) is 0 Å². The summed E-state index contributed by atoms with van der Waals surface area (Å²) in [7, 11) is 1.24. The lowest BCUT2D eigenvalue weighted by Gasteiger charge is -2.11. The van der Waals surface area contributed by atoms with E-state index in [0.717, 1.165) is 16.7 Å². The summed E-state index contributed by atoms with van der Waals surface area (Å²) < 4.78 is 26.8. The van der Waals surface area contributed by atoms with E-state index in [1.165, 1.54) is 13.2 Å². The second kappa shape index (κ2) is 6.97. The molecule has 3 aromatic rings. The van der Waals surface area contributed by atoms with Crippen LogP contribution in [0.15, 0.2) is 48.7 Å². The van der Waals surface area contributed by atoms with E-state index in [0.29, 0.717) is 12.1 Å². The van der Waals surface area contributed by atoms with Gasteiger partial charge in [-0.15, -0.1) is 0 Å². The minimum atomic E-state index is -0.674. The molecule has 130 valence electrons. The summed E-state index contributed by atoms with van der Waals surface area (Å²) in [6.07, 6.45) is 2.00. The first-order valence-corrected chi connectivity index (χ1v) is 8.11. The Morgan fingerprint density at radius 3 is 2.72 bits per heavy atom. The fourth-order valence-electron chi connectivity index (χ4n) is 2.81. The van der Waals surface area contributed by atoms with Crippen LogP contribution < -0.4 is 4.74 Å². The quantitative estimate of drug-likeness (QED) is 0.646. The first-order chi connectivity index (χ1) is 12.0. The van der Waals surface area contributed by atoms with Gasteiger partial charge in [-0.25, -0.2) is 9.18 Å². The minimum absolute atomic E-state index is 0.0518. The predicted octanol–water partition coefficient (Wildman–Crippen LogP) is 4.40. The Kier molecular flexibility index (Phi) is 4.74. The van der Waals surface area contributed by atoms with Gasteiger partial charge in [0.05, 0.1) is 25.3 Å². The van der Waals surface area contributed by atoms with Crippen molar-refractivity contribution in [3.05, 3.63) is 65.6 Å². The third-order valence-electron chi connectivity index (χ3n) is 3.94. The molecule has 4 nitrogen and oxygen atoms in total. The molecule has 0 atom stereocenters. The van der Waals surface area contributed by atoms with E-state index in [4.69, 9.17) is 4.74 Å². The number of halogens is 1. The lowest BCUT2D eigenvalue weighted by atomic mass is 10.1. The maximum atomic E-state index is 14.6. The molecular weight excluding hydrogens is 321 g/mol. The number of carbonyl (C=O) groups excluding carboxylic acids is 1. The fourth-order valence-corrected chi connectivity index (χ4v) is 2.81. The zero-order chi connectivity index (χ0) is 18.0. The number of rotatable bonds is 5.